The second-order valence-electron chi connectivity index (χ2n) is 4.99. The normalized spacial score (nSPS) is 11.9. The summed E-state index contributed by atoms with van der Waals surface area (Å²) in [7, 11) is 0. The minimum atomic E-state index is -4.28. The SMILES string of the molecule is Cc1ccc(NCCCC(C)C)cc1C(F)(F)F. The highest BCUT2D eigenvalue weighted by molar-refractivity contribution is 5.49. The van der Waals surface area contributed by atoms with Gasteiger partial charge in [0.15, 0.2) is 0 Å². The first kappa shape index (κ1) is 14.9. The Kier molecular flexibility index (Phi) is 5.05. The smallest absolute Gasteiger partial charge is 0.385 e. The molecule has 0 saturated heterocycles. The number of hydrogen-bond acceptors (Lipinski definition) is 1. The van der Waals surface area contributed by atoms with E-state index in [-0.39, 0.29) is 5.56 Å². The Morgan fingerprint density at radius 2 is 1.89 bits per heavy atom. The fourth-order valence-corrected chi connectivity index (χ4v) is 1.78. The highest BCUT2D eigenvalue weighted by Crippen LogP contribution is 2.33. The van der Waals surface area contributed by atoms with Gasteiger partial charge in [-0.25, -0.2) is 0 Å². The number of halogens is 3. The fraction of sp³-hybridized carbons (Fsp3) is 0.571. The maximum Gasteiger partial charge on any atom is 0.416 e. The number of alkyl halides is 3. The van der Waals surface area contributed by atoms with Crippen molar-refractivity contribution in [2.75, 3.05) is 11.9 Å². The molecular weight excluding hydrogens is 239 g/mol. The number of anilines is 1. The van der Waals surface area contributed by atoms with E-state index in [1.54, 1.807) is 6.07 Å². The van der Waals surface area contributed by atoms with Gasteiger partial charge in [0, 0.05) is 12.2 Å². The summed E-state index contributed by atoms with van der Waals surface area (Å²) in [5.74, 6) is 0.621. The molecule has 0 bridgehead atoms. The van der Waals surface area contributed by atoms with Crippen LogP contribution in [0.1, 0.15) is 37.8 Å². The van der Waals surface area contributed by atoms with E-state index in [0.29, 0.717) is 18.2 Å². The minimum absolute atomic E-state index is 0.259. The number of benzene rings is 1. The van der Waals surface area contributed by atoms with E-state index >= 15 is 0 Å². The lowest BCUT2D eigenvalue weighted by Crippen LogP contribution is -2.09. The summed E-state index contributed by atoms with van der Waals surface area (Å²) < 4.78 is 38.1. The third-order valence-electron chi connectivity index (χ3n) is 2.83. The number of nitrogens with one attached hydrogen (secondary N) is 1. The van der Waals surface area contributed by atoms with Crippen molar-refractivity contribution in [1.29, 1.82) is 0 Å². The first-order valence-corrected chi connectivity index (χ1v) is 6.22. The number of hydrogen-bond donors (Lipinski definition) is 1. The van der Waals surface area contributed by atoms with Gasteiger partial charge in [0.2, 0.25) is 0 Å². The van der Waals surface area contributed by atoms with Crippen molar-refractivity contribution in [3.05, 3.63) is 29.3 Å². The number of aryl methyl sites for hydroxylation is 1. The third kappa shape index (κ3) is 4.59. The zero-order valence-corrected chi connectivity index (χ0v) is 11.1. The van der Waals surface area contributed by atoms with Gasteiger partial charge in [-0.05, 0) is 43.4 Å². The van der Waals surface area contributed by atoms with E-state index in [1.165, 1.54) is 19.1 Å². The molecule has 0 aliphatic heterocycles. The summed E-state index contributed by atoms with van der Waals surface area (Å²) in [5, 5.41) is 3.04. The predicted octanol–water partition coefficient (Wildman–Crippen LogP) is 4.86. The molecule has 4 heteroatoms. The molecule has 18 heavy (non-hydrogen) atoms. The molecule has 0 aromatic heterocycles. The lowest BCUT2D eigenvalue weighted by Gasteiger charge is -2.13. The molecule has 0 spiro atoms. The Balaban J connectivity index is 2.63. The van der Waals surface area contributed by atoms with Crippen LogP contribution in [0.15, 0.2) is 18.2 Å². The number of rotatable bonds is 5. The van der Waals surface area contributed by atoms with Crippen molar-refractivity contribution in [2.24, 2.45) is 5.92 Å². The molecule has 0 aliphatic rings. The van der Waals surface area contributed by atoms with Gasteiger partial charge in [-0.15, -0.1) is 0 Å². The van der Waals surface area contributed by atoms with Crippen molar-refractivity contribution in [1.82, 2.24) is 0 Å². The molecule has 0 atom stereocenters. The molecule has 1 aromatic carbocycles. The van der Waals surface area contributed by atoms with E-state index in [4.69, 9.17) is 0 Å². The van der Waals surface area contributed by atoms with Gasteiger partial charge < -0.3 is 5.32 Å². The Labute approximate surface area is 106 Å². The second-order valence-corrected chi connectivity index (χ2v) is 4.99. The Bertz CT molecular complexity index is 383. The van der Waals surface area contributed by atoms with Crippen LogP contribution in [0.4, 0.5) is 18.9 Å². The first-order valence-electron chi connectivity index (χ1n) is 6.22. The van der Waals surface area contributed by atoms with E-state index in [0.717, 1.165) is 12.8 Å². The van der Waals surface area contributed by atoms with Crippen LogP contribution < -0.4 is 5.32 Å². The quantitative estimate of drug-likeness (QED) is 0.744. The summed E-state index contributed by atoms with van der Waals surface area (Å²) in [5.41, 5.74) is 0.239. The average molecular weight is 259 g/mol. The van der Waals surface area contributed by atoms with E-state index in [9.17, 15) is 13.2 Å². The van der Waals surface area contributed by atoms with Crippen LogP contribution in [0, 0.1) is 12.8 Å². The van der Waals surface area contributed by atoms with Gasteiger partial charge in [0.05, 0.1) is 5.56 Å². The molecule has 1 nitrogen and oxygen atoms in total. The molecule has 0 radical (unpaired) electrons. The van der Waals surface area contributed by atoms with Crippen molar-refractivity contribution in [3.63, 3.8) is 0 Å². The van der Waals surface area contributed by atoms with Gasteiger partial charge in [-0.3, -0.25) is 0 Å². The fourth-order valence-electron chi connectivity index (χ4n) is 1.78. The van der Waals surface area contributed by atoms with Crippen molar-refractivity contribution >= 4 is 5.69 Å². The summed E-state index contributed by atoms with van der Waals surface area (Å²) in [6.07, 6.45) is -2.24. The van der Waals surface area contributed by atoms with Crippen LogP contribution in [0.25, 0.3) is 0 Å². The Morgan fingerprint density at radius 1 is 1.22 bits per heavy atom. The second kappa shape index (κ2) is 6.12. The Hall–Kier alpha value is -1.19. The van der Waals surface area contributed by atoms with Gasteiger partial charge in [0.25, 0.3) is 0 Å². The maximum atomic E-state index is 12.7. The minimum Gasteiger partial charge on any atom is -0.385 e. The molecule has 102 valence electrons. The van der Waals surface area contributed by atoms with Gasteiger partial charge >= 0.3 is 6.18 Å². The molecule has 1 aromatic rings. The van der Waals surface area contributed by atoms with E-state index in [1.807, 2.05) is 0 Å². The standard InChI is InChI=1S/C14H20F3N/c1-10(2)5-4-8-18-12-7-6-11(3)13(9-12)14(15,16)17/h6-7,9-10,18H,4-5,8H2,1-3H3. The van der Waals surface area contributed by atoms with Crippen LogP contribution in [0.5, 0.6) is 0 Å². The molecule has 0 heterocycles. The summed E-state index contributed by atoms with van der Waals surface area (Å²) in [4.78, 5) is 0. The van der Waals surface area contributed by atoms with Crippen LogP contribution in [-0.2, 0) is 6.18 Å². The summed E-state index contributed by atoms with van der Waals surface area (Å²) >= 11 is 0. The lowest BCUT2D eigenvalue weighted by molar-refractivity contribution is -0.138. The topological polar surface area (TPSA) is 12.0 Å². The van der Waals surface area contributed by atoms with Gasteiger partial charge in [-0.2, -0.15) is 13.2 Å². The van der Waals surface area contributed by atoms with E-state index < -0.39 is 11.7 Å². The molecule has 0 amide bonds. The first-order chi connectivity index (χ1) is 8.30. The highest BCUT2D eigenvalue weighted by atomic mass is 19.4. The maximum absolute atomic E-state index is 12.7. The third-order valence-corrected chi connectivity index (χ3v) is 2.83. The van der Waals surface area contributed by atoms with Crippen LogP contribution in [0.3, 0.4) is 0 Å². The van der Waals surface area contributed by atoms with Crippen molar-refractivity contribution in [2.45, 2.75) is 39.8 Å². The summed E-state index contributed by atoms with van der Waals surface area (Å²) in [6, 6.07) is 4.39. The molecular formula is C14H20F3N. The average Bonchev–Trinajstić information content (AvgIpc) is 2.24. The zero-order chi connectivity index (χ0) is 13.8. The zero-order valence-electron chi connectivity index (χ0n) is 11.1. The monoisotopic (exact) mass is 259 g/mol. The van der Waals surface area contributed by atoms with Crippen LogP contribution in [0.2, 0.25) is 0 Å². The van der Waals surface area contributed by atoms with Crippen LogP contribution >= 0.6 is 0 Å². The van der Waals surface area contributed by atoms with Gasteiger partial charge in [-0.1, -0.05) is 19.9 Å². The highest BCUT2D eigenvalue weighted by Gasteiger charge is 2.32. The summed E-state index contributed by atoms with van der Waals surface area (Å²) in [6.45, 7) is 6.45. The molecule has 0 unspecified atom stereocenters. The predicted molar refractivity (Wildman–Crippen MR) is 68.7 cm³/mol. The van der Waals surface area contributed by atoms with E-state index in [2.05, 4.69) is 19.2 Å². The van der Waals surface area contributed by atoms with Gasteiger partial charge in [0.1, 0.15) is 0 Å². The molecule has 0 fully saturated rings. The van der Waals surface area contributed by atoms with Crippen molar-refractivity contribution < 1.29 is 13.2 Å². The molecule has 0 saturated carbocycles. The Morgan fingerprint density at radius 3 is 2.44 bits per heavy atom. The van der Waals surface area contributed by atoms with Crippen LogP contribution in [-0.4, -0.2) is 6.54 Å². The molecule has 0 aliphatic carbocycles. The molecule has 1 N–H and O–H groups in total. The van der Waals surface area contributed by atoms with Crippen molar-refractivity contribution in [3.8, 4) is 0 Å². The largest absolute Gasteiger partial charge is 0.416 e. The lowest BCUT2D eigenvalue weighted by atomic mass is 10.1. The molecule has 1 rings (SSSR count).